The van der Waals surface area contributed by atoms with E-state index in [1.54, 1.807) is 63.8 Å². The van der Waals surface area contributed by atoms with E-state index in [0.29, 0.717) is 52.7 Å². The monoisotopic (exact) mass is 505 g/mol. The van der Waals surface area contributed by atoms with E-state index >= 15 is 0 Å². The average molecular weight is 506 g/mol. The van der Waals surface area contributed by atoms with Crippen molar-refractivity contribution in [2.75, 3.05) is 34.5 Å². The third kappa shape index (κ3) is 6.32. The van der Waals surface area contributed by atoms with Gasteiger partial charge in [0.2, 0.25) is 11.2 Å². The Morgan fingerprint density at radius 2 is 1.54 bits per heavy atom. The summed E-state index contributed by atoms with van der Waals surface area (Å²) in [5, 5.41) is 3.15. The first-order valence-corrected chi connectivity index (χ1v) is 11.5. The van der Waals surface area contributed by atoms with Gasteiger partial charge in [-0.1, -0.05) is 6.07 Å². The number of benzene rings is 3. The van der Waals surface area contributed by atoms with E-state index in [2.05, 4.69) is 5.32 Å². The van der Waals surface area contributed by atoms with Gasteiger partial charge in [-0.25, -0.2) is 0 Å². The number of carbonyl (C=O) groups is 1. The van der Waals surface area contributed by atoms with Crippen LogP contribution in [0.1, 0.15) is 5.56 Å². The summed E-state index contributed by atoms with van der Waals surface area (Å²) in [7, 11) is 4.73. The number of hydrogen-bond donors (Lipinski definition) is 1. The van der Waals surface area contributed by atoms with E-state index in [-0.39, 0.29) is 23.7 Å². The van der Waals surface area contributed by atoms with Gasteiger partial charge in [-0.15, -0.1) is 0 Å². The fourth-order valence-electron chi connectivity index (χ4n) is 3.60. The van der Waals surface area contributed by atoms with Crippen LogP contribution in [0.15, 0.2) is 76.1 Å². The molecule has 0 aliphatic heterocycles. The molecule has 4 aromatic rings. The van der Waals surface area contributed by atoms with Crippen LogP contribution in [0.2, 0.25) is 0 Å². The first-order chi connectivity index (χ1) is 18.0. The molecule has 1 heterocycles. The van der Waals surface area contributed by atoms with Crippen LogP contribution in [0.4, 0.5) is 0 Å². The topological polar surface area (TPSA) is 105 Å². The molecule has 1 amide bonds. The van der Waals surface area contributed by atoms with Gasteiger partial charge in [0, 0.05) is 12.6 Å². The van der Waals surface area contributed by atoms with Crippen molar-refractivity contribution < 1.29 is 32.9 Å². The molecule has 1 N–H and O–H groups in total. The zero-order valence-corrected chi connectivity index (χ0v) is 20.7. The lowest BCUT2D eigenvalue weighted by Crippen LogP contribution is -2.30. The van der Waals surface area contributed by atoms with E-state index in [4.69, 9.17) is 28.1 Å². The summed E-state index contributed by atoms with van der Waals surface area (Å²) in [6.45, 7) is 0.252. The molecule has 0 atom stereocenters. The number of methoxy groups -OCH3 is 3. The molecule has 0 fully saturated rings. The van der Waals surface area contributed by atoms with E-state index in [0.717, 1.165) is 5.56 Å². The Morgan fingerprint density at radius 3 is 2.27 bits per heavy atom. The minimum Gasteiger partial charge on any atom is -0.497 e. The van der Waals surface area contributed by atoms with Crippen molar-refractivity contribution in [3.05, 3.63) is 82.7 Å². The summed E-state index contributed by atoms with van der Waals surface area (Å²) >= 11 is 0. The number of rotatable bonds is 11. The molecule has 0 saturated heterocycles. The maximum atomic E-state index is 12.8. The van der Waals surface area contributed by atoms with Crippen molar-refractivity contribution in [2.45, 2.75) is 6.42 Å². The highest BCUT2D eigenvalue weighted by Gasteiger charge is 2.12. The van der Waals surface area contributed by atoms with E-state index in [1.807, 2.05) is 18.2 Å². The molecule has 3 aromatic carbocycles. The zero-order chi connectivity index (χ0) is 26.2. The number of nitrogens with one attached hydrogen (secondary N) is 1. The van der Waals surface area contributed by atoms with Gasteiger partial charge in [0.05, 0.1) is 26.7 Å². The lowest BCUT2D eigenvalue weighted by atomic mass is 10.1. The third-order valence-electron chi connectivity index (χ3n) is 5.56. The predicted molar refractivity (Wildman–Crippen MR) is 137 cm³/mol. The number of fused-ring (bicyclic) bond motifs is 1. The first-order valence-electron chi connectivity index (χ1n) is 11.5. The lowest BCUT2D eigenvalue weighted by Gasteiger charge is -2.11. The van der Waals surface area contributed by atoms with Crippen LogP contribution in [-0.2, 0) is 11.2 Å². The Hall–Kier alpha value is -4.66. The number of hydrogen-bond acceptors (Lipinski definition) is 8. The van der Waals surface area contributed by atoms with Gasteiger partial charge >= 0.3 is 0 Å². The molecular formula is C28H27NO8. The second-order valence-electron chi connectivity index (χ2n) is 7.94. The molecule has 0 aliphatic rings. The largest absolute Gasteiger partial charge is 0.497 e. The Morgan fingerprint density at radius 1 is 0.811 bits per heavy atom. The second-order valence-corrected chi connectivity index (χ2v) is 7.94. The van der Waals surface area contributed by atoms with Crippen molar-refractivity contribution in [3.63, 3.8) is 0 Å². The Kier molecular flexibility index (Phi) is 8.15. The van der Waals surface area contributed by atoms with Gasteiger partial charge in [-0.2, -0.15) is 0 Å². The van der Waals surface area contributed by atoms with Gasteiger partial charge < -0.3 is 33.4 Å². The summed E-state index contributed by atoms with van der Waals surface area (Å²) in [5.41, 5.74) is 0.994. The van der Waals surface area contributed by atoms with E-state index in [1.165, 1.54) is 6.26 Å². The molecule has 0 bridgehead atoms. The summed E-state index contributed by atoms with van der Waals surface area (Å²) in [6, 6.07) is 17.2. The summed E-state index contributed by atoms with van der Waals surface area (Å²) in [4.78, 5) is 25.0. The van der Waals surface area contributed by atoms with Crippen LogP contribution >= 0.6 is 0 Å². The van der Waals surface area contributed by atoms with Gasteiger partial charge in [0.1, 0.15) is 29.1 Å². The summed E-state index contributed by atoms with van der Waals surface area (Å²) in [6.07, 6.45) is 1.87. The van der Waals surface area contributed by atoms with Gasteiger partial charge in [-0.05, 0) is 60.5 Å². The second kappa shape index (κ2) is 11.9. The van der Waals surface area contributed by atoms with Gasteiger partial charge in [-0.3, -0.25) is 9.59 Å². The normalized spacial score (nSPS) is 10.6. The van der Waals surface area contributed by atoms with E-state index in [9.17, 15) is 9.59 Å². The standard InChI is InChI=1S/C28H27NO8/c1-32-19-5-7-20(8-6-19)37-26-16-36-24-15-21(9-10-22(24)28(26)31)35-17-27(30)29-13-12-18-4-11-23(33-2)25(14-18)34-3/h4-11,14-16H,12-13,17H2,1-3H3,(H,29,30). The molecule has 4 rings (SSSR count). The highest BCUT2D eigenvalue weighted by atomic mass is 16.5. The van der Waals surface area contributed by atoms with Gasteiger partial charge in [0.15, 0.2) is 18.1 Å². The molecule has 0 saturated carbocycles. The number of ether oxygens (including phenoxy) is 5. The summed E-state index contributed by atoms with van der Waals surface area (Å²) < 4.78 is 32.5. The zero-order valence-electron chi connectivity index (χ0n) is 20.7. The van der Waals surface area contributed by atoms with Crippen molar-refractivity contribution in [1.29, 1.82) is 0 Å². The number of amides is 1. The number of carbonyl (C=O) groups excluding carboxylic acids is 1. The molecule has 1 aromatic heterocycles. The summed E-state index contributed by atoms with van der Waals surface area (Å²) in [5.74, 6) is 2.62. The Labute approximate surface area is 213 Å². The molecule has 192 valence electrons. The van der Waals surface area contributed by atoms with E-state index < -0.39 is 0 Å². The van der Waals surface area contributed by atoms with Crippen LogP contribution < -0.4 is 34.4 Å². The smallest absolute Gasteiger partial charge is 0.257 e. The lowest BCUT2D eigenvalue weighted by molar-refractivity contribution is -0.123. The highest BCUT2D eigenvalue weighted by molar-refractivity contribution is 5.80. The van der Waals surface area contributed by atoms with Crippen molar-refractivity contribution >= 4 is 16.9 Å². The SMILES string of the molecule is COc1ccc(Oc2coc3cc(OCC(=O)NCCc4ccc(OC)c(OC)c4)ccc3c2=O)cc1. The minimum absolute atomic E-state index is 0.0557. The van der Waals surface area contributed by atoms with Crippen LogP contribution in [0, 0.1) is 0 Å². The molecule has 0 aliphatic carbocycles. The Balaban J connectivity index is 1.31. The van der Waals surface area contributed by atoms with Crippen LogP contribution in [0.25, 0.3) is 11.0 Å². The quantitative estimate of drug-likeness (QED) is 0.321. The Bertz CT molecular complexity index is 1430. The minimum atomic E-state index is -0.323. The van der Waals surface area contributed by atoms with Crippen LogP contribution in [-0.4, -0.2) is 40.4 Å². The molecular weight excluding hydrogens is 478 g/mol. The molecule has 9 nitrogen and oxygen atoms in total. The van der Waals surface area contributed by atoms with Gasteiger partial charge in [0.25, 0.3) is 5.91 Å². The molecule has 0 spiro atoms. The van der Waals surface area contributed by atoms with Crippen molar-refractivity contribution in [3.8, 4) is 34.5 Å². The highest BCUT2D eigenvalue weighted by Crippen LogP contribution is 2.28. The fraction of sp³-hybridized carbons (Fsp3) is 0.214. The van der Waals surface area contributed by atoms with Crippen molar-refractivity contribution in [1.82, 2.24) is 5.32 Å². The van der Waals surface area contributed by atoms with Crippen molar-refractivity contribution in [2.24, 2.45) is 0 Å². The van der Waals surface area contributed by atoms with Crippen LogP contribution in [0.3, 0.4) is 0 Å². The van der Waals surface area contributed by atoms with Crippen LogP contribution in [0.5, 0.6) is 34.5 Å². The molecule has 0 unspecified atom stereocenters. The molecule has 37 heavy (non-hydrogen) atoms. The average Bonchev–Trinajstić information content (AvgIpc) is 2.93. The third-order valence-corrected chi connectivity index (χ3v) is 5.56. The maximum Gasteiger partial charge on any atom is 0.257 e. The molecule has 0 radical (unpaired) electrons. The maximum absolute atomic E-state index is 12.8. The molecule has 9 heteroatoms. The first kappa shape index (κ1) is 25.4. The fourth-order valence-corrected chi connectivity index (χ4v) is 3.60. The predicted octanol–water partition coefficient (Wildman–Crippen LogP) is 4.35.